The molecule has 2 atom stereocenters. The van der Waals surface area contributed by atoms with Gasteiger partial charge >= 0.3 is 12.1 Å². The van der Waals surface area contributed by atoms with Crippen molar-refractivity contribution in [3.8, 4) is 0 Å². The van der Waals surface area contributed by atoms with Crippen molar-refractivity contribution in [1.29, 1.82) is 0 Å². The summed E-state index contributed by atoms with van der Waals surface area (Å²) in [5.41, 5.74) is 6.30. The minimum absolute atomic E-state index is 0.297. The third-order valence-electron chi connectivity index (χ3n) is 7.00. The molecule has 6 rings (SSSR count). The maximum Gasteiger partial charge on any atom is 0.326 e. The van der Waals surface area contributed by atoms with Crippen LogP contribution in [0.4, 0.5) is 32.3 Å². The number of anilines is 4. The SMILES string of the molecule is Cc1cccc(N2C(=O)Nc3ccc(Cl)cc3C2C2c3cc(Cl)ccc3NC(=O)N2c2cccc(C)c2)c1. The molecule has 0 saturated heterocycles. The van der Waals surface area contributed by atoms with Crippen LogP contribution >= 0.6 is 23.2 Å². The number of nitrogens with zero attached hydrogens (tertiary/aromatic N) is 2. The lowest BCUT2D eigenvalue weighted by Gasteiger charge is -2.47. The van der Waals surface area contributed by atoms with Gasteiger partial charge < -0.3 is 10.6 Å². The summed E-state index contributed by atoms with van der Waals surface area (Å²) >= 11 is 13.0. The lowest BCUT2D eigenvalue weighted by molar-refractivity contribution is 0.246. The molecule has 8 heteroatoms. The largest absolute Gasteiger partial charge is 0.326 e. The number of rotatable bonds is 3. The van der Waals surface area contributed by atoms with Gasteiger partial charge in [-0.05, 0) is 85.6 Å². The van der Waals surface area contributed by atoms with Crippen LogP contribution in [0.25, 0.3) is 0 Å². The first-order valence-electron chi connectivity index (χ1n) is 12.2. The van der Waals surface area contributed by atoms with Gasteiger partial charge in [0.2, 0.25) is 0 Å². The topological polar surface area (TPSA) is 64.7 Å². The molecule has 2 aliphatic heterocycles. The van der Waals surface area contributed by atoms with E-state index in [4.69, 9.17) is 23.2 Å². The molecule has 0 saturated carbocycles. The maximum absolute atomic E-state index is 13.8. The van der Waals surface area contributed by atoms with Crippen molar-refractivity contribution < 1.29 is 9.59 Å². The van der Waals surface area contributed by atoms with Crippen LogP contribution in [0.1, 0.15) is 34.3 Å². The molecule has 190 valence electrons. The van der Waals surface area contributed by atoms with Crippen LogP contribution in [0.3, 0.4) is 0 Å². The minimum Gasteiger partial charge on any atom is -0.307 e. The van der Waals surface area contributed by atoms with E-state index < -0.39 is 12.1 Å². The number of carbonyl (C=O) groups is 2. The quantitative estimate of drug-likeness (QED) is 0.272. The fourth-order valence-electron chi connectivity index (χ4n) is 5.40. The number of nitrogens with one attached hydrogen (secondary N) is 2. The first kappa shape index (κ1) is 24.3. The third-order valence-corrected chi connectivity index (χ3v) is 7.47. The first-order chi connectivity index (χ1) is 18.3. The second-order valence-electron chi connectivity index (χ2n) is 9.63. The maximum atomic E-state index is 13.8. The van der Waals surface area contributed by atoms with Crippen LogP contribution < -0.4 is 20.4 Å². The highest BCUT2D eigenvalue weighted by Gasteiger charge is 2.46. The smallest absolute Gasteiger partial charge is 0.307 e. The average Bonchev–Trinajstić information content (AvgIpc) is 2.88. The molecule has 0 aromatic heterocycles. The molecule has 2 heterocycles. The lowest BCUT2D eigenvalue weighted by Crippen LogP contribution is -2.52. The number of hydrogen-bond donors (Lipinski definition) is 2. The van der Waals surface area contributed by atoms with E-state index in [-0.39, 0.29) is 12.1 Å². The van der Waals surface area contributed by atoms with E-state index in [1.165, 1.54) is 0 Å². The molecule has 4 amide bonds. The lowest BCUT2D eigenvalue weighted by atomic mass is 9.86. The van der Waals surface area contributed by atoms with E-state index in [0.717, 1.165) is 22.3 Å². The van der Waals surface area contributed by atoms with Gasteiger partial charge in [-0.1, -0.05) is 47.5 Å². The summed E-state index contributed by atoms with van der Waals surface area (Å²) in [5, 5.41) is 7.10. The number of urea groups is 2. The van der Waals surface area contributed by atoms with Crippen molar-refractivity contribution in [3.63, 3.8) is 0 Å². The number of amides is 4. The van der Waals surface area contributed by atoms with Crippen LogP contribution in [0, 0.1) is 13.8 Å². The number of halogens is 2. The molecule has 0 aliphatic carbocycles. The van der Waals surface area contributed by atoms with Crippen molar-refractivity contribution in [3.05, 3.63) is 117 Å². The molecule has 4 aromatic rings. The first-order valence-corrected chi connectivity index (χ1v) is 13.0. The van der Waals surface area contributed by atoms with Gasteiger partial charge in [0.25, 0.3) is 0 Å². The van der Waals surface area contributed by atoms with Crippen LogP contribution in [-0.4, -0.2) is 12.1 Å². The van der Waals surface area contributed by atoms with Gasteiger partial charge in [-0.3, -0.25) is 9.80 Å². The fourth-order valence-corrected chi connectivity index (χ4v) is 5.76. The minimum atomic E-state index is -0.622. The number of aryl methyl sites for hydroxylation is 2. The number of hydrogen-bond acceptors (Lipinski definition) is 2. The van der Waals surface area contributed by atoms with Gasteiger partial charge in [-0.2, -0.15) is 0 Å². The predicted molar refractivity (Wildman–Crippen MR) is 154 cm³/mol. The van der Waals surface area contributed by atoms with Gasteiger partial charge in [0.15, 0.2) is 0 Å². The Morgan fingerprint density at radius 3 is 1.42 bits per heavy atom. The predicted octanol–water partition coefficient (Wildman–Crippen LogP) is 8.50. The van der Waals surface area contributed by atoms with E-state index in [1.54, 1.807) is 34.1 Å². The van der Waals surface area contributed by atoms with E-state index in [0.29, 0.717) is 32.8 Å². The summed E-state index contributed by atoms with van der Waals surface area (Å²) in [6, 6.07) is 24.5. The Hall–Kier alpha value is -4.00. The van der Waals surface area contributed by atoms with Crippen molar-refractivity contribution >= 4 is 58.0 Å². The molecule has 2 aliphatic rings. The molecule has 2 N–H and O–H groups in total. The summed E-state index contributed by atoms with van der Waals surface area (Å²) in [6.45, 7) is 3.96. The molecule has 0 spiro atoms. The van der Waals surface area contributed by atoms with Gasteiger partial charge in [0.05, 0.1) is 12.1 Å². The Balaban J connectivity index is 1.67. The number of carbonyl (C=O) groups excluding carboxylic acids is 2. The summed E-state index contributed by atoms with van der Waals surface area (Å²) in [5.74, 6) is 0. The van der Waals surface area contributed by atoms with Crippen LogP contribution in [0.5, 0.6) is 0 Å². The zero-order valence-electron chi connectivity index (χ0n) is 20.7. The summed E-state index contributed by atoms with van der Waals surface area (Å²) in [6.07, 6.45) is 0. The monoisotopic (exact) mass is 542 g/mol. The molecule has 0 bridgehead atoms. The van der Waals surface area contributed by atoms with Gasteiger partial charge in [-0.25, -0.2) is 9.59 Å². The van der Waals surface area contributed by atoms with E-state index in [9.17, 15) is 9.59 Å². The zero-order chi connectivity index (χ0) is 26.6. The van der Waals surface area contributed by atoms with Crippen LogP contribution in [-0.2, 0) is 0 Å². The van der Waals surface area contributed by atoms with Gasteiger partial charge in [-0.15, -0.1) is 0 Å². The fraction of sp³-hybridized carbons (Fsp3) is 0.133. The second kappa shape index (κ2) is 9.39. The molecule has 0 fully saturated rings. The average molecular weight is 543 g/mol. The highest BCUT2D eigenvalue weighted by Crippen LogP contribution is 2.51. The molecular weight excluding hydrogens is 519 g/mol. The Morgan fingerprint density at radius 2 is 1.03 bits per heavy atom. The van der Waals surface area contributed by atoms with Crippen LogP contribution in [0.15, 0.2) is 84.9 Å². The summed E-state index contributed by atoms with van der Waals surface area (Å²) < 4.78 is 0. The summed E-state index contributed by atoms with van der Waals surface area (Å²) in [7, 11) is 0. The molecule has 38 heavy (non-hydrogen) atoms. The summed E-state index contributed by atoms with van der Waals surface area (Å²) in [4.78, 5) is 31.0. The Morgan fingerprint density at radius 1 is 0.605 bits per heavy atom. The van der Waals surface area contributed by atoms with E-state index in [2.05, 4.69) is 10.6 Å². The van der Waals surface area contributed by atoms with Crippen molar-refractivity contribution in [2.75, 3.05) is 20.4 Å². The van der Waals surface area contributed by atoms with Crippen molar-refractivity contribution in [2.45, 2.75) is 25.9 Å². The Kier molecular flexibility index (Phi) is 6.01. The zero-order valence-corrected chi connectivity index (χ0v) is 22.2. The highest BCUT2D eigenvalue weighted by molar-refractivity contribution is 6.31. The Bertz CT molecular complexity index is 1490. The normalized spacial score (nSPS) is 18.4. The number of benzene rings is 4. The molecule has 6 nitrogen and oxygen atoms in total. The van der Waals surface area contributed by atoms with Crippen LogP contribution in [0.2, 0.25) is 10.0 Å². The van der Waals surface area contributed by atoms with E-state index >= 15 is 0 Å². The highest BCUT2D eigenvalue weighted by atomic mass is 35.5. The molecule has 2 unspecified atom stereocenters. The van der Waals surface area contributed by atoms with E-state index in [1.807, 2.05) is 74.5 Å². The standard InChI is InChI=1S/C30H24Cl2N4O2/c1-17-5-3-7-21(13-17)35-27(23-15-19(31)9-11-25(23)33-29(35)37)28-24-16-20(32)10-12-26(24)34-30(38)36(28)22-8-4-6-18(2)14-22/h3-16,27-28H,1-2H3,(H,33,37)(H,34,38). The molecule has 4 aromatic carbocycles. The Labute approximate surface area is 230 Å². The second-order valence-corrected chi connectivity index (χ2v) is 10.5. The molecular formula is C30H24Cl2N4O2. The third kappa shape index (κ3) is 4.16. The van der Waals surface area contributed by atoms with Gasteiger partial charge in [0, 0.05) is 43.9 Å². The van der Waals surface area contributed by atoms with Crippen molar-refractivity contribution in [2.24, 2.45) is 0 Å². The number of fused-ring (bicyclic) bond motifs is 2. The molecule has 0 radical (unpaired) electrons. The van der Waals surface area contributed by atoms with Gasteiger partial charge in [0.1, 0.15) is 0 Å². The van der Waals surface area contributed by atoms with Crippen molar-refractivity contribution in [1.82, 2.24) is 0 Å².